The van der Waals surface area contributed by atoms with E-state index in [-0.39, 0.29) is 43.8 Å². The summed E-state index contributed by atoms with van der Waals surface area (Å²) in [6.07, 6.45) is 4.23. The molecule has 0 saturated heterocycles. The van der Waals surface area contributed by atoms with Crippen LogP contribution in [0.5, 0.6) is 0 Å². The van der Waals surface area contributed by atoms with Crippen molar-refractivity contribution in [2.75, 3.05) is 6.61 Å². The molecular weight excluding hydrogens is 410 g/mol. The monoisotopic (exact) mass is 434 g/mol. The molecule has 0 saturated carbocycles. The molecule has 34 heavy (non-hydrogen) atoms. The second-order valence-corrected chi connectivity index (χ2v) is 7.19. The van der Waals surface area contributed by atoms with Crippen LogP contribution in [-0.4, -0.2) is 21.4 Å². The van der Waals surface area contributed by atoms with Gasteiger partial charge in [-0.15, -0.1) is 11.4 Å². The van der Waals surface area contributed by atoms with E-state index in [2.05, 4.69) is 65.5 Å². The number of aromatic nitrogens is 3. The van der Waals surface area contributed by atoms with E-state index in [1.165, 1.54) is 16.6 Å². The Hall–Kier alpha value is -2.89. The number of hydrogen-bond acceptors (Lipinski definition) is 3. The fourth-order valence-electron chi connectivity index (χ4n) is 3.32. The van der Waals surface area contributed by atoms with Gasteiger partial charge in [0.2, 0.25) is 0 Å². The Balaban J connectivity index is 0.00000204. The van der Waals surface area contributed by atoms with Crippen LogP contribution < -0.4 is 37.7 Å². The summed E-state index contributed by atoms with van der Waals surface area (Å²) in [4.78, 5) is 3.94. The number of aryl methyl sites for hydroxylation is 1. The molecular formula is C27H24Li2N4O. The molecule has 1 unspecified atom stereocenters. The van der Waals surface area contributed by atoms with Crippen molar-refractivity contribution < 1.29 is 42.5 Å². The van der Waals surface area contributed by atoms with Gasteiger partial charge in [0.1, 0.15) is 0 Å². The van der Waals surface area contributed by atoms with Crippen molar-refractivity contribution in [3.63, 3.8) is 0 Å². The summed E-state index contributed by atoms with van der Waals surface area (Å²) in [6, 6.07) is 28.2. The minimum absolute atomic E-state index is 0. The van der Waals surface area contributed by atoms with Gasteiger partial charge in [-0.3, -0.25) is 0 Å². The van der Waals surface area contributed by atoms with Crippen LogP contribution in [0.3, 0.4) is 0 Å². The van der Waals surface area contributed by atoms with Gasteiger partial charge in [0.05, 0.1) is 6.61 Å². The molecule has 160 valence electrons. The molecule has 4 aromatic rings. The van der Waals surface area contributed by atoms with Crippen molar-refractivity contribution in [3.8, 4) is 0 Å². The zero-order valence-corrected chi connectivity index (χ0v) is 20.1. The standard InChI is InChI=1S/C27H24N4O.2Li/c1-3-32-26(31-20-28-19-29-31)18-25(22-10-6-4-7-11-22)27(23-16-14-21(2)15-17-23)30-24-12-8-5-9-13-24;;/h4-17,19,27H,3H2,1-2H3;;/q-2;2*+1. The average molecular weight is 434 g/mol. The molecule has 0 bridgehead atoms. The molecule has 0 radical (unpaired) electrons. The predicted molar refractivity (Wildman–Crippen MR) is 127 cm³/mol. The van der Waals surface area contributed by atoms with Gasteiger partial charge in [0.25, 0.3) is 0 Å². The fourth-order valence-corrected chi connectivity index (χ4v) is 3.32. The van der Waals surface area contributed by atoms with E-state index >= 15 is 0 Å². The molecule has 4 rings (SSSR count). The van der Waals surface area contributed by atoms with E-state index < -0.39 is 0 Å². The number of rotatable bonds is 8. The maximum atomic E-state index is 5.87. The topological polar surface area (TPSA) is 54.0 Å². The van der Waals surface area contributed by atoms with Crippen molar-refractivity contribution >= 4 is 17.1 Å². The molecule has 3 aromatic carbocycles. The number of ether oxygens (including phenoxy) is 1. The number of nitrogens with zero attached hydrogens (tertiary/aromatic N) is 4. The average Bonchev–Trinajstić information content (AvgIpc) is 3.37. The fraction of sp³-hybridized carbons (Fsp3) is 0.148. The Labute approximate surface area is 225 Å². The van der Waals surface area contributed by atoms with Crippen LogP contribution in [0.4, 0.5) is 5.69 Å². The van der Waals surface area contributed by atoms with E-state index in [9.17, 15) is 0 Å². The Morgan fingerprint density at radius 1 is 0.971 bits per heavy atom. The summed E-state index contributed by atoms with van der Waals surface area (Å²) in [7, 11) is 0. The largest absolute Gasteiger partial charge is 1.00 e. The summed E-state index contributed by atoms with van der Waals surface area (Å²) >= 11 is 0. The molecule has 1 atom stereocenters. The molecule has 0 amide bonds. The van der Waals surface area contributed by atoms with E-state index in [1.807, 2.05) is 55.5 Å². The van der Waals surface area contributed by atoms with Gasteiger partial charge in [-0.25, -0.2) is 5.10 Å². The quantitative estimate of drug-likeness (QED) is 0.174. The van der Waals surface area contributed by atoms with E-state index in [4.69, 9.17) is 10.1 Å². The summed E-state index contributed by atoms with van der Waals surface area (Å²) in [5.74, 6) is 0.421. The van der Waals surface area contributed by atoms with Gasteiger partial charge >= 0.3 is 37.7 Å². The Morgan fingerprint density at radius 2 is 1.62 bits per heavy atom. The van der Waals surface area contributed by atoms with E-state index in [1.54, 1.807) is 0 Å². The molecule has 0 aliphatic carbocycles. The SMILES string of the molecule is CCOC(=C=C(c1ccccc1)C([N-]c1ccccc1)c1ccc(C)cc1)n1[c-]ncn1.[Li+].[Li+]. The third-order valence-electron chi connectivity index (χ3n) is 4.88. The molecule has 0 fully saturated rings. The molecule has 0 aliphatic heterocycles. The summed E-state index contributed by atoms with van der Waals surface area (Å²) in [5.41, 5.74) is 8.46. The van der Waals surface area contributed by atoms with Crippen LogP contribution >= 0.6 is 0 Å². The van der Waals surface area contributed by atoms with Crippen LogP contribution in [0.15, 0.2) is 97.0 Å². The van der Waals surface area contributed by atoms with Crippen molar-refractivity contribution in [3.05, 3.63) is 125 Å². The van der Waals surface area contributed by atoms with Crippen molar-refractivity contribution in [2.24, 2.45) is 0 Å². The minimum atomic E-state index is -0.306. The Morgan fingerprint density at radius 3 is 2.21 bits per heavy atom. The van der Waals surface area contributed by atoms with Crippen molar-refractivity contribution in [1.29, 1.82) is 0 Å². The molecule has 0 spiro atoms. The first-order valence-corrected chi connectivity index (χ1v) is 10.5. The van der Waals surface area contributed by atoms with Gasteiger partial charge in [-0.2, -0.15) is 0 Å². The molecule has 0 N–H and O–H groups in total. The van der Waals surface area contributed by atoms with Crippen LogP contribution in [0.25, 0.3) is 16.8 Å². The Kier molecular flexibility index (Phi) is 11.1. The molecule has 7 heteroatoms. The van der Waals surface area contributed by atoms with E-state index in [0.29, 0.717) is 12.5 Å². The second-order valence-electron chi connectivity index (χ2n) is 7.19. The van der Waals surface area contributed by atoms with Gasteiger partial charge in [-0.05, 0) is 25.0 Å². The molecule has 5 nitrogen and oxygen atoms in total. The van der Waals surface area contributed by atoms with Gasteiger partial charge < -0.3 is 19.7 Å². The Bertz CT molecular complexity index is 1190. The van der Waals surface area contributed by atoms with Crippen LogP contribution in [-0.2, 0) is 4.74 Å². The predicted octanol–water partition coefficient (Wildman–Crippen LogP) is 0.359. The van der Waals surface area contributed by atoms with Crippen molar-refractivity contribution in [2.45, 2.75) is 19.9 Å². The third kappa shape index (κ3) is 7.05. The zero-order valence-electron chi connectivity index (χ0n) is 20.1. The molecule has 1 aromatic heterocycles. The number of hydrogen-bond donors (Lipinski definition) is 0. The van der Waals surface area contributed by atoms with Crippen LogP contribution in [0.1, 0.15) is 29.7 Å². The van der Waals surface area contributed by atoms with E-state index in [0.717, 1.165) is 22.4 Å². The summed E-state index contributed by atoms with van der Waals surface area (Å²) in [6.45, 7) is 4.46. The number of para-hydroxylation sites is 1. The second kappa shape index (κ2) is 13.7. The van der Waals surface area contributed by atoms with Crippen LogP contribution in [0.2, 0.25) is 0 Å². The first kappa shape index (κ1) is 27.4. The maximum Gasteiger partial charge on any atom is 1.00 e. The smallest absolute Gasteiger partial charge is 0.674 e. The van der Waals surface area contributed by atoms with Crippen LogP contribution in [0, 0.1) is 13.3 Å². The molecule has 1 heterocycles. The minimum Gasteiger partial charge on any atom is -0.674 e. The van der Waals surface area contributed by atoms with Gasteiger partial charge in [-0.1, -0.05) is 102 Å². The summed E-state index contributed by atoms with van der Waals surface area (Å²) < 4.78 is 7.33. The third-order valence-corrected chi connectivity index (χ3v) is 4.88. The van der Waals surface area contributed by atoms with Crippen molar-refractivity contribution in [1.82, 2.24) is 14.8 Å². The maximum absolute atomic E-state index is 5.87. The number of benzene rings is 3. The van der Waals surface area contributed by atoms with Gasteiger partial charge in [0, 0.05) is 12.7 Å². The van der Waals surface area contributed by atoms with Gasteiger partial charge in [0.15, 0.2) is 5.88 Å². The molecule has 0 aliphatic rings. The first-order chi connectivity index (χ1) is 15.7. The summed E-state index contributed by atoms with van der Waals surface area (Å²) in [5, 5.41) is 9.30. The first-order valence-electron chi connectivity index (χ1n) is 10.5. The zero-order chi connectivity index (χ0) is 22.2. The normalized spacial score (nSPS) is 10.6.